The van der Waals surface area contributed by atoms with Crippen LogP contribution in [0.4, 0.5) is 0 Å². The number of thiazole rings is 1. The Hall–Kier alpha value is -3.57. The Kier molecular flexibility index (Phi) is 6.12. The number of nitrogens with two attached hydrogens (primary N) is 1. The molecule has 0 spiro atoms. The van der Waals surface area contributed by atoms with Gasteiger partial charge in [0.05, 0.1) is 11.4 Å². The second-order valence-electron chi connectivity index (χ2n) is 8.94. The number of carbonyl (C=O) groups excluding carboxylic acids is 3. The molecule has 2 aromatic heterocycles. The molecule has 35 heavy (non-hydrogen) atoms. The van der Waals surface area contributed by atoms with E-state index in [1.807, 2.05) is 29.3 Å². The van der Waals surface area contributed by atoms with Crippen molar-refractivity contribution in [3.05, 3.63) is 57.7 Å². The van der Waals surface area contributed by atoms with Gasteiger partial charge in [0.2, 0.25) is 5.91 Å². The SMILES string of the molecule is Cc1cc(-c2nc(C[C@@H](C)C(=O)N[C@@H]3C(=O)N4CCCN4Cc4ccccc43)c(C(N)=O)s2)on1. The van der Waals surface area contributed by atoms with Gasteiger partial charge in [-0.3, -0.25) is 19.4 Å². The summed E-state index contributed by atoms with van der Waals surface area (Å²) in [4.78, 5) is 43.5. The molecular weight excluding hydrogens is 468 g/mol. The van der Waals surface area contributed by atoms with Crippen molar-refractivity contribution in [3.8, 4) is 10.8 Å². The molecule has 2 aliphatic rings. The molecule has 0 unspecified atom stereocenters. The van der Waals surface area contributed by atoms with E-state index in [1.165, 1.54) is 0 Å². The number of aromatic nitrogens is 2. The van der Waals surface area contributed by atoms with Gasteiger partial charge in [-0.15, -0.1) is 11.3 Å². The van der Waals surface area contributed by atoms with Crippen molar-refractivity contribution in [2.45, 2.75) is 39.3 Å². The Labute approximate surface area is 206 Å². The van der Waals surface area contributed by atoms with Crippen molar-refractivity contribution >= 4 is 29.1 Å². The fraction of sp³-hybridized carbons (Fsp3) is 0.375. The van der Waals surface area contributed by atoms with Crippen LogP contribution in [0.5, 0.6) is 0 Å². The maximum atomic E-state index is 13.4. The fourth-order valence-corrected chi connectivity index (χ4v) is 5.47. The molecule has 5 rings (SSSR count). The van der Waals surface area contributed by atoms with Gasteiger partial charge in [0.25, 0.3) is 11.8 Å². The second-order valence-corrected chi connectivity index (χ2v) is 9.94. The van der Waals surface area contributed by atoms with Gasteiger partial charge < -0.3 is 15.6 Å². The molecule has 2 aliphatic heterocycles. The molecule has 2 atom stereocenters. The van der Waals surface area contributed by atoms with Crippen LogP contribution in [0.1, 0.15) is 51.6 Å². The van der Waals surface area contributed by atoms with E-state index in [-0.39, 0.29) is 23.1 Å². The first kappa shape index (κ1) is 23.2. The Morgan fingerprint density at radius 2 is 2.11 bits per heavy atom. The quantitative estimate of drug-likeness (QED) is 0.536. The van der Waals surface area contributed by atoms with Crippen LogP contribution in [0.2, 0.25) is 0 Å². The largest absolute Gasteiger partial charge is 0.365 e. The Morgan fingerprint density at radius 1 is 1.31 bits per heavy atom. The van der Waals surface area contributed by atoms with E-state index in [0.717, 1.165) is 35.4 Å². The standard InChI is InChI=1S/C24H26N6O4S/c1-13(10-17-20(21(25)31)35-23(26-17)18-11-14(2)28-34-18)22(32)27-19-16-7-4-3-6-15(16)12-29-8-5-9-30(29)24(19)33/h3-4,6-7,11,13,19H,5,8-10,12H2,1-2H3,(H2,25,31)(H,27,32)/t13-,19+/m1/s1. The lowest BCUT2D eigenvalue weighted by Crippen LogP contribution is -2.46. The van der Waals surface area contributed by atoms with Crippen molar-refractivity contribution < 1.29 is 18.9 Å². The van der Waals surface area contributed by atoms with E-state index in [1.54, 1.807) is 24.9 Å². The van der Waals surface area contributed by atoms with Crippen molar-refractivity contribution in [1.82, 2.24) is 25.5 Å². The van der Waals surface area contributed by atoms with E-state index < -0.39 is 17.9 Å². The minimum Gasteiger partial charge on any atom is -0.365 e. The topological polar surface area (TPSA) is 135 Å². The Morgan fingerprint density at radius 3 is 2.86 bits per heavy atom. The summed E-state index contributed by atoms with van der Waals surface area (Å²) in [5, 5.41) is 11.1. The number of hydrogen-bond acceptors (Lipinski definition) is 8. The van der Waals surface area contributed by atoms with Gasteiger partial charge in [-0.25, -0.2) is 9.99 Å². The smallest absolute Gasteiger partial charge is 0.264 e. The van der Waals surface area contributed by atoms with E-state index in [4.69, 9.17) is 10.3 Å². The molecule has 182 valence electrons. The lowest BCUT2D eigenvalue weighted by molar-refractivity contribution is -0.148. The number of primary amides is 1. The average molecular weight is 495 g/mol. The number of rotatable bonds is 6. The molecule has 10 nitrogen and oxygen atoms in total. The summed E-state index contributed by atoms with van der Waals surface area (Å²) in [6.07, 6.45) is 1.09. The van der Waals surface area contributed by atoms with E-state index in [2.05, 4.69) is 15.5 Å². The third kappa shape index (κ3) is 4.44. The molecule has 11 heteroatoms. The molecule has 0 radical (unpaired) electrons. The van der Waals surface area contributed by atoms with Crippen molar-refractivity contribution in [2.24, 2.45) is 11.7 Å². The van der Waals surface area contributed by atoms with Gasteiger partial charge in [0.15, 0.2) is 10.8 Å². The number of fused-ring (bicyclic) bond motifs is 2. The van der Waals surface area contributed by atoms with Crippen LogP contribution >= 0.6 is 11.3 Å². The van der Waals surface area contributed by atoms with Crippen molar-refractivity contribution in [3.63, 3.8) is 0 Å². The van der Waals surface area contributed by atoms with Crippen molar-refractivity contribution in [2.75, 3.05) is 13.1 Å². The number of hydrogen-bond donors (Lipinski definition) is 2. The highest BCUT2D eigenvalue weighted by molar-refractivity contribution is 7.17. The molecule has 3 N–H and O–H groups in total. The maximum Gasteiger partial charge on any atom is 0.264 e. The van der Waals surface area contributed by atoms with Crippen LogP contribution in [0, 0.1) is 12.8 Å². The second kappa shape index (κ2) is 9.23. The molecule has 1 aromatic carbocycles. The van der Waals surface area contributed by atoms with E-state index >= 15 is 0 Å². The lowest BCUT2D eigenvalue weighted by atomic mass is 9.98. The first-order chi connectivity index (χ1) is 16.8. The Bertz CT molecular complexity index is 1300. The molecule has 1 fully saturated rings. The summed E-state index contributed by atoms with van der Waals surface area (Å²) in [7, 11) is 0. The monoisotopic (exact) mass is 494 g/mol. The summed E-state index contributed by atoms with van der Waals surface area (Å²) in [5.41, 5.74) is 8.52. The van der Waals surface area contributed by atoms with Gasteiger partial charge in [-0.05, 0) is 24.5 Å². The molecule has 1 saturated heterocycles. The summed E-state index contributed by atoms with van der Waals surface area (Å²) in [6, 6.07) is 8.65. The fourth-order valence-electron chi connectivity index (χ4n) is 4.58. The zero-order valence-electron chi connectivity index (χ0n) is 19.5. The Balaban J connectivity index is 1.37. The van der Waals surface area contributed by atoms with Crippen LogP contribution in [-0.4, -0.2) is 51.0 Å². The number of nitrogens with zero attached hydrogens (tertiary/aromatic N) is 4. The third-order valence-electron chi connectivity index (χ3n) is 6.34. The maximum absolute atomic E-state index is 13.4. The van der Waals surface area contributed by atoms with Gasteiger partial charge >= 0.3 is 0 Å². The number of benzene rings is 1. The van der Waals surface area contributed by atoms with Crippen LogP contribution in [-0.2, 0) is 22.6 Å². The van der Waals surface area contributed by atoms with Crippen LogP contribution in [0.25, 0.3) is 10.8 Å². The van der Waals surface area contributed by atoms with E-state index in [0.29, 0.717) is 35.2 Å². The van der Waals surface area contributed by atoms with Gasteiger partial charge in [0.1, 0.15) is 10.9 Å². The predicted molar refractivity (Wildman–Crippen MR) is 128 cm³/mol. The van der Waals surface area contributed by atoms with Crippen LogP contribution in [0.3, 0.4) is 0 Å². The highest BCUT2D eigenvalue weighted by Gasteiger charge is 2.38. The van der Waals surface area contributed by atoms with Gasteiger partial charge in [-0.2, -0.15) is 0 Å². The normalized spacial score (nSPS) is 18.6. The highest BCUT2D eigenvalue weighted by Crippen LogP contribution is 2.32. The number of carbonyl (C=O) groups is 3. The summed E-state index contributed by atoms with van der Waals surface area (Å²) < 4.78 is 5.26. The van der Waals surface area contributed by atoms with Crippen molar-refractivity contribution in [1.29, 1.82) is 0 Å². The molecule has 3 amide bonds. The molecule has 0 aliphatic carbocycles. The number of aryl methyl sites for hydroxylation is 1. The molecule has 0 bridgehead atoms. The third-order valence-corrected chi connectivity index (χ3v) is 7.47. The van der Waals surface area contributed by atoms with Crippen LogP contribution in [0.15, 0.2) is 34.9 Å². The lowest BCUT2D eigenvalue weighted by Gasteiger charge is -2.28. The first-order valence-electron chi connectivity index (χ1n) is 11.5. The summed E-state index contributed by atoms with van der Waals surface area (Å²) in [6.45, 7) is 5.61. The molecule has 0 saturated carbocycles. The number of nitrogens with one attached hydrogen (secondary N) is 1. The predicted octanol–water partition coefficient (Wildman–Crippen LogP) is 2.20. The minimum absolute atomic E-state index is 0.137. The zero-order valence-corrected chi connectivity index (χ0v) is 20.3. The van der Waals surface area contributed by atoms with Crippen LogP contribution < -0.4 is 11.1 Å². The number of hydrazine groups is 1. The molecule has 3 aromatic rings. The van der Waals surface area contributed by atoms with E-state index in [9.17, 15) is 14.4 Å². The molecular formula is C24H26N6O4S. The summed E-state index contributed by atoms with van der Waals surface area (Å²) >= 11 is 1.11. The minimum atomic E-state index is -0.775. The first-order valence-corrected chi connectivity index (χ1v) is 12.3. The van der Waals surface area contributed by atoms with Gasteiger partial charge in [-0.1, -0.05) is 36.3 Å². The molecule has 4 heterocycles. The average Bonchev–Trinajstić information content (AvgIpc) is 3.56. The highest BCUT2D eigenvalue weighted by atomic mass is 32.1. The number of amides is 3. The zero-order chi connectivity index (χ0) is 24.7. The van der Waals surface area contributed by atoms with Gasteiger partial charge in [0, 0.05) is 38.0 Å². The summed E-state index contributed by atoms with van der Waals surface area (Å²) in [5.74, 6) is -1.17.